The predicted octanol–water partition coefficient (Wildman–Crippen LogP) is 0.487. The number of rotatable bonds is 3. The molecule has 0 bridgehead atoms. The van der Waals surface area contributed by atoms with Crippen molar-refractivity contribution in [2.24, 2.45) is 0 Å². The molecular weight excluding hydrogens is 164 g/mol. The van der Waals surface area contributed by atoms with Gasteiger partial charge in [-0.3, -0.25) is 0 Å². The van der Waals surface area contributed by atoms with Gasteiger partial charge < -0.3 is 15.7 Å². The van der Waals surface area contributed by atoms with Gasteiger partial charge in [-0.25, -0.2) is 0 Å². The molecule has 0 aromatic rings. The highest BCUT2D eigenvalue weighted by Gasteiger charge is 2.25. The van der Waals surface area contributed by atoms with Gasteiger partial charge in [0.25, 0.3) is 0 Å². The first-order valence-corrected chi connectivity index (χ1v) is 5.19. The molecule has 1 unspecified atom stereocenters. The van der Waals surface area contributed by atoms with E-state index < -0.39 is 5.60 Å². The number of hydrogen-bond acceptors (Lipinski definition) is 3. The van der Waals surface area contributed by atoms with Crippen LogP contribution in [-0.2, 0) is 0 Å². The lowest BCUT2D eigenvalue weighted by Crippen LogP contribution is -2.51. The van der Waals surface area contributed by atoms with Crippen LogP contribution in [0, 0.1) is 0 Å². The zero-order valence-electron chi connectivity index (χ0n) is 8.93. The lowest BCUT2D eigenvalue weighted by molar-refractivity contribution is 0.0381. The molecule has 0 amide bonds. The molecule has 0 spiro atoms. The SMILES string of the molecule is CC(NC1CCNCC1)C(C)(C)O. The summed E-state index contributed by atoms with van der Waals surface area (Å²) < 4.78 is 0. The van der Waals surface area contributed by atoms with E-state index in [9.17, 15) is 5.11 Å². The molecule has 1 aliphatic rings. The monoisotopic (exact) mass is 186 g/mol. The molecule has 13 heavy (non-hydrogen) atoms. The minimum absolute atomic E-state index is 0.163. The smallest absolute Gasteiger partial charge is 0.0741 e. The second-order valence-electron chi connectivity index (χ2n) is 4.57. The Kier molecular flexibility index (Phi) is 3.71. The quantitative estimate of drug-likeness (QED) is 0.601. The summed E-state index contributed by atoms with van der Waals surface area (Å²) >= 11 is 0. The number of aliphatic hydroxyl groups is 1. The Morgan fingerprint density at radius 2 is 1.92 bits per heavy atom. The second kappa shape index (κ2) is 4.40. The average Bonchev–Trinajstić information content (AvgIpc) is 2.04. The first-order valence-electron chi connectivity index (χ1n) is 5.19. The molecule has 1 fully saturated rings. The summed E-state index contributed by atoms with van der Waals surface area (Å²) in [4.78, 5) is 0. The van der Waals surface area contributed by atoms with E-state index in [4.69, 9.17) is 0 Å². The molecule has 0 aromatic carbocycles. The highest BCUT2D eigenvalue weighted by atomic mass is 16.3. The van der Waals surface area contributed by atoms with Gasteiger partial charge in [-0.05, 0) is 46.7 Å². The number of nitrogens with one attached hydrogen (secondary N) is 2. The minimum Gasteiger partial charge on any atom is -0.389 e. The lowest BCUT2D eigenvalue weighted by atomic mass is 9.97. The third kappa shape index (κ3) is 3.63. The van der Waals surface area contributed by atoms with E-state index in [-0.39, 0.29) is 6.04 Å². The van der Waals surface area contributed by atoms with Crippen LogP contribution in [0.5, 0.6) is 0 Å². The zero-order valence-corrected chi connectivity index (χ0v) is 8.93. The van der Waals surface area contributed by atoms with Crippen molar-refractivity contribution in [3.8, 4) is 0 Å². The molecule has 3 heteroatoms. The molecule has 0 aromatic heterocycles. The van der Waals surface area contributed by atoms with Crippen molar-refractivity contribution in [1.29, 1.82) is 0 Å². The highest BCUT2D eigenvalue weighted by molar-refractivity contribution is 4.84. The number of hydrogen-bond donors (Lipinski definition) is 3. The maximum atomic E-state index is 9.74. The zero-order chi connectivity index (χ0) is 9.90. The van der Waals surface area contributed by atoms with Crippen molar-refractivity contribution >= 4 is 0 Å². The van der Waals surface area contributed by atoms with Crippen LogP contribution in [0.4, 0.5) is 0 Å². The Balaban J connectivity index is 2.30. The maximum absolute atomic E-state index is 9.74. The van der Waals surface area contributed by atoms with Crippen LogP contribution in [0.1, 0.15) is 33.6 Å². The van der Waals surface area contributed by atoms with E-state index in [0.717, 1.165) is 13.1 Å². The van der Waals surface area contributed by atoms with Crippen molar-refractivity contribution in [2.75, 3.05) is 13.1 Å². The summed E-state index contributed by atoms with van der Waals surface area (Å²) in [7, 11) is 0. The third-order valence-electron chi connectivity index (χ3n) is 2.88. The van der Waals surface area contributed by atoms with Crippen LogP contribution in [0.2, 0.25) is 0 Å². The Labute approximate surface area is 80.9 Å². The van der Waals surface area contributed by atoms with E-state index in [1.807, 2.05) is 20.8 Å². The Bertz CT molecular complexity index is 147. The van der Waals surface area contributed by atoms with E-state index in [1.165, 1.54) is 12.8 Å². The van der Waals surface area contributed by atoms with Gasteiger partial charge in [-0.2, -0.15) is 0 Å². The molecule has 0 aliphatic carbocycles. The van der Waals surface area contributed by atoms with Crippen LogP contribution in [-0.4, -0.2) is 35.9 Å². The maximum Gasteiger partial charge on any atom is 0.0741 e. The van der Waals surface area contributed by atoms with E-state index >= 15 is 0 Å². The van der Waals surface area contributed by atoms with Gasteiger partial charge in [0.1, 0.15) is 0 Å². The molecule has 1 aliphatic heterocycles. The molecule has 0 saturated carbocycles. The fourth-order valence-corrected chi connectivity index (χ4v) is 1.55. The van der Waals surface area contributed by atoms with Gasteiger partial charge in [-0.15, -0.1) is 0 Å². The summed E-state index contributed by atoms with van der Waals surface area (Å²) in [6.45, 7) is 7.94. The van der Waals surface area contributed by atoms with Crippen LogP contribution in [0.15, 0.2) is 0 Å². The van der Waals surface area contributed by atoms with Gasteiger partial charge in [-0.1, -0.05) is 0 Å². The molecule has 1 rings (SSSR count). The van der Waals surface area contributed by atoms with Crippen LogP contribution in [0.3, 0.4) is 0 Å². The van der Waals surface area contributed by atoms with Gasteiger partial charge in [0.2, 0.25) is 0 Å². The molecule has 3 nitrogen and oxygen atoms in total. The van der Waals surface area contributed by atoms with Gasteiger partial charge in [0, 0.05) is 12.1 Å². The summed E-state index contributed by atoms with van der Waals surface area (Å²) in [6.07, 6.45) is 2.33. The van der Waals surface area contributed by atoms with Gasteiger partial charge >= 0.3 is 0 Å². The van der Waals surface area contributed by atoms with Crippen molar-refractivity contribution in [3.63, 3.8) is 0 Å². The fourth-order valence-electron chi connectivity index (χ4n) is 1.55. The van der Waals surface area contributed by atoms with E-state index in [2.05, 4.69) is 10.6 Å². The summed E-state index contributed by atoms with van der Waals surface area (Å²) in [5, 5.41) is 16.5. The van der Waals surface area contributed by atoms with Crippen molar-refractivity contribution in [3.05, 3.63) is 0 Å². The van der Waals surface area contributed by atoms with Crippen molar-refractivity contribution < 1.29 is 5.11 Å². The van der Waals surface area contributed by atoms with Gasteiger partial charge in [0.05, 0.1) is 5.60 Å². The topological polar surface area (TPSA) is 44.3 Å². The van der Waals surface area contributed by atoms with Crippen LogP contribution >= 0.6 is 0 Å². The van der Waals surface area contributed by atoms with Crippen LogP contribution in [0.25, 0.3) is 0 Å². The molecule has 3 N–H and O–H groups in total. The Morgan fingerprint density at radius 1 is 1.38 bits per heavy atom. The molecule has 0 radical (unpaired) electrons. The summed E-state index contributed by atoms with van der Waals surface area (Å²) in [5.41, 5.74) is -0.620. The fraction of sp³-hybridized carbons (Fsp3) is 1.00. The van der Waals surface area contributed by atoms with E-state index in [1.54, 1.807) is 0 Å². The van der Waals surface area contributed by atoms with Crippen molar-refractivity contribution in [2.45, 2.75) is 51.3 Å². The third-order valence-corrected chi connectivity index (χ3v) is 2.88. The van der Waals surface area contributed by atoms with Crippen LogP contribution < -0.4 is 10.6 Å². The molecular formula is C10H22N2O. The molecule has 78 valence electrons. The second-order valence-corrected chi connectivity index (χ2v) is 4.57. The van der Waals surface area contributed by atoms with E-state index in [0.29, 0.717) is 6.04 Å². The first kappa shape index (κ1) is 11.0. The Morgan fingerprint density at radius 3 is 2.38 bits per heavy atom. The highest BCUT2D eigenvalue weighted by Crippen LogP contribution is 2.11. The normalized spacial score (nSPS) is 23.1. The standard InChI is InChI=1S/C10H22N2O/c1-8(10(2,3)13)12-9-4-6-11-7-5-9/h8-9,11-13H,4-7H2,1-3H3. The first-order chi connectivity index (χ1) is 6.00. The molecule has 1 saturated heterocycles. The minimum atomic E-state index is -0.620. The number of piperidine rings is 1. The predicted molar refractivity (Wildman–Crippen MR) is 54.8 cm³/mol. The largest absolute Gasteiger partial charge is 0.389 e. The van der Waals surface area contributed by atoms with Gasteiger partial charge in [0.15, 0.2) is 0 Å². The lowest BCUT2D eigenvalue weighted by Gasteiger charge is -2.33. The summed E-state index contributed by atoms with van der Waals surface area (Å²) in [5.74, 6) is 0. The Hall–Kier alpha value is -0.120. The molecule has 1 atom stereocenters. The average molecular weight is 186 g/mol. The molecule has 1 heterocycles. The summed E-state index contributed by atoms with van der Waals surface area (Å²) in [6, 6.07) is 0.735. The van der Waals surface area contributed by atoms with Crippen molar-refractivity contribution in [1.82, 2.24) is 10.6 Å².